The molecule has 3 amide bonds. The minimum atomic E-state index is -4.70. The number of hydrogen-bond donors (Lipinski definition) is 2. The Balaban J connectivity index is 2.00. The van der Waals surface area contributed by atoms with Gasteiger partial charge >= 0.3 is 12.2 Å². The highest BCUT2D eigenvalue weighted by atomic mass is 35.5. The van der Waals surface area contributed by atoms with Crippen LogP contribution in [0.25, 0.3) is 0 Å². The lowest BCUT2D eigenvalue weighted by atomic mass is 9.99. The van der Waals surface area contributed by atoms with E-state index >= 15 is 0 Å². The number of aromatic nitrogens is 1. The van der Waals surface area contributed by atoms with Crippen LogP contribution < -0.4 is 10.6 Å². The van der Waals surface area contributed by atoms with E-state index in [1.807, 2.05) is 0 Å². The third kappa shape index (κ3) is 4.71. The number of rotatable bonds is 3. The molecular formula is C19H16ClF5N4O2. The highest BCUT2D eigenvalue weighted by Crippen LogP contribution is 2.32. The molecule has 1 saturated heterocycles. The summed E-state index contributed by atoms with van der Waals surface area (Å²) in [4.78, 5) is 29.2. The van der Waals surface area contributed by atoms with Gasteiger partial charge in [0.2, 0.25) is 5.91 Å². The van der Waals surface area contributed by atoms with Crippen molar-refractivity contribution >= 4 is 23.5 Å². The number of nitrogens with one attached hydrogen (secondary N) is 2. The number of alkyl halides is 3. The van der Waals surface area contributed by atoms with Crippen LogP contribution in [0.3, 0.4) is 0 Å². The lowest BCUT2D eigenvalue weighted by Crippen LogP contribution is -2.58. The quantitative estimate of drug-likeness (QED) is 0.540. The van der Waals surface area contributed by atoms with Crippen LogP contribution in [0.5, 0.6) is 0 Å². The van der Waals surface area contributed by atoms with Crippen molar-refractivity contribution in [2.24, 2.45) is 0 Å². The molecule has 0 spiro atoms. The first kappa shape index (κ1) is 22.7. The maximum Gasteiger partial charge on any atom is 0.433 e. The fraction of sp³-hybridized carbons (Fsp3) is 0.316. The number of pyridine rings is 1. The van der Waals surface area contributed by atoms with Crippen molar-refractivity contribution in [1.82, 2.24) is 20.5 Å². The maximum absolute atomic E-state index is 14.7. The Morgan fingerprint density at radius 3 is 2.61 bits per heavy atom. The summed E-state index contributed by atoms with van der Waals surface area (Å²) in [7, 11) is 0. The number of benzene rings is 1. The Morgan fingerprint density at radius 2 is 2.00 bits per heavy atom. The van der Waals surface area contributed by atoms with E-state index in [-0.39, 0.29) is 24.2 Å². The molecule has 1 aliphatic rings. The van der Waals surface area contributed by atoms with Gasteiger partial charge in [0.1, 0.15) is 28.4 Å². The molecule has 1 aliphatic heterocycles. The molecule has 0 aliphatic carbocycles. The summed E-state index contributed by atoms with van der Waals surface area (Å²) >= 11 is 5.64. The van der Waals surface area contributed by atoms with Gasteiger partial charge < -0.3 is 15.5 Å². The Morgan fingerprint density at radius 1 is 1.29 bits per heavy atom. The third-order valence-corrected chi connectivity index (χ3v) is 5.16. The van der Waals surface area contributed by atoms with Gasteiger partial charge in [-0.3, -0.25) is 9.78 Å². The molecule has 2 heterocycles. The van der Waals surface area contributed by atoms with E-state index in [4.69, 9.17) is 11.6 Å². The van der Waals surface area contributed by atoms with Crippen LogP contribution in [0, 0.1) is 11.6 Å². The second-order valence-corrected chi connectivity index (χ2v) is 7.16. The fourth-order valence-corrected chi connectivity index (χ4v) is 3.29. The number of carbonyl (C=O) groups excluding carboxylic acids is 2. The Bertz CT molecular complexity index is 1000. The van der Waals surface area contributed by atoms with Gasteiger partial charge in [0, 0.05) is 24.8 Å². The molecule has 1 aromatic heterocycles. The number of carbonyl (C=O) groups is 2. The molecule has 2 unspecified atom stereocenters. The molecular weight excluding hydrogens is 447 g/mol. The SMILES string of the molecule is CC1C(=O)NCCN1C(=O)NC(c1ccc(C(F)(F)F)nc1)c1ccc(F)c(Cl)c1F. The van der Waals surface area contributed by atoms with Crippen molar-refractivity contribution in [1.29, 1.82) is 0 Å². The standard InChI is InChI=1S/C19H16ClF5N4O2/c1-9-17(30)26-6-7-29(9)18(31)28-16(11-3-4-12(21)14(20)15(11)22)10-2-5-13(27-8-10)19(23,24)25/h2-5,8-9,16H,6-7H2,1H3,(H,26,30)(H,28,31). The third-order valence-electron chi connectivity index (χ3n) is 4.81. The zero-order valence-corrected chi connectivity index (χ0v) is 16.7. The smallest absolute Gasteiger partial charge is 0.353 e. The molecule has 0 saturated carbocycles. The molecule has 1 aromatic carbocycles. The van der Waals surface area contributed by atoms with Crippen molar-refractivity contribution in [3.05, 3.63) is 63.9 Å². The summed E-state index contributed by atoms with van der Waals surface area (Å²) in [6.45, 7) is 1.83. The second kappa shape index (κ2) is 8.66. The van der Waals surface area contributed by atoms with Gasteiger partial charge in [0.15, 0.2) is 0 Å². The van der Waals surface area contributed by atoms with Crippen molar-refractivity contribution < 1.29 is 31.5 Å². The lowest BCUT2D eigenvalue weighted by Gasteiger charge is -2.34. The molecule has 31 heavy (non-hydrogen) atoms. The molecule has 166 valence electrons. The van der Waals surface area contributed by atoms with Crippen LogP contribution in [0.15, 0.2) is 30.5 Å². The monoisotopic (exact) mass is 462 g/mol. The number of nitrogens with zero attached hydrogens (tertiary/aromatic N) is 2. The molecule has 2 atom stereocenters. The topological polar surface area (TPSA) is 74.3 Å². The van der Waals surface area contributed by atoms with Crippen LogP contribution in [0.1, 0.15) is 29.8 Å². The highest BCUT2D eigenvalue weighted by Gasteiger charge is 2.34. The van der Waals surface area contributed by atoms with E-state index in [1.54, 1.807) is 0 Å². The predicted molar refractivity (Wildman–Crippen MR) is 100 cm³/mol. The summed E-state index contributed by atoms with van der Waals surface area (Å²) in [5, 5.41) is 4.23. The first-order valence-electron chi connectivity index (χ1n) is 9.02. The van der Waals surface area contributed by atoms with Crippen molar-refractivity contribution in [3.8, 4) is 0 Å². The van der Waals surface area contributed by atoms with E-state index in [0.29, 0.717) is 6.07 Å². The number of halogens is 6. The first-order chi connectivity index (χ1) is 14.5. The van der Waals surface area contributed by atoms with Gasteiger partial charge in [0.25, 0.3) is 0 Å². The predicted octanol–water partition coefficient (Wildman–Crippen LogP) is 3.65. The van der Waals surface area contributed by atoms with Crippen molar-refractivity contribution in [3.63, 3.8) is 0 Å². The average molecular weight is 463 g/mol. The molecule has 0 bridgehead atoms. The summed E-state index contributed by atoms with van der Waals surface area (Å²) in [5.74, 6) is -2.62. The van der Waals surface area contributed by atoms with E-state index in [2.05, 4.69) is 15.6 Å². The van der Waals surface area contributed by atoms with E-state index in [9.17, 15) is 31.5 Å². The molecule has 6 nitrogen and oxygen atoms in total. The minimum Gasteiger partial charge on any atom is -0.353 e. The normalized spacial score (nSPS) is 17.8. The van der Waals surface area contributed by atoms with Gasteiger partial charge in [-0.05, 0) is 24.6 Å². The highest BCUT2D eigenvalue weighted by molar-refractivity contribution is 6.31. The molecule has 1 fully saturated rings. The van der Waals surface area contributed by atoms with Crippen molar-refractivity contribution in [2.45, 2.75) is 25.2 Å². The summed E-state index contributed by atoms with van der Waals surface area (Å²) in [6, 6.07) is 0.629. The number of urea groups is 1. The zero-order chi connectivity index (χ0) is 22.9. The van der Waals surface area contributed by atoms with Crippen molar-refractivity contribution in [2.75, 3.05) is 13.1 Å². The molecule has 2 N–H and O–H groups in total. The summed E-state index contributed by atoms with van der Waals surface area (Å²) < 4.78 is 66.8. The van der Waals surface area contributed by atoms with E-state index in [0.717, 1.165) is 24.4 Å². The van der Waals surface area contributed by atoms with E-state index < -0.39 is 52.5 Å². The zero-order valence-electron chi connectivity index (χ0n) is 15.9. The maximum atomic E-state index is 14.7. The Hall–Kier alpha value is -2.95. The Labute approximate surface area is 178 Å². The van der Waals surface area contributed by atoms with Gasteiger partial charge in [-0.15, -0.1) is 0 Å². The van der Waals surface area contributed by atoms with E-state index in [1.165, 1.54) is 11.8 Å². The van der Waals surface area contributed by atoms with Crippen LogP contribution >= 0.6 is 11.6 Å². The fourth-order valence-electron chi connectivity index (χ4n) is 3.11. The van der Waals surface area contributed by atoms with Gasteiger partial charge in [-0.1, -0.05) is 23.7 Å². The molecule has 12 heteroatoms. The summed E-state index contributed by atoms with van der Waals surface area (Å²) in [5.41, 5.74) is -1.47. The molecule has 3 rings (SSSR count). The van der Waals surface area contributed by atoms with Gasteiger partial charge in [0.05, 0.1) is 6.04 Å². The van der Waals surface area contributed by atoms with Crippen LogP contribution in [-0.2, 0) is 11.0 Å². The number of piperazine rings is 1. The average Bonchev–Trinajstić information content (AvgIpc) is 2.72. The first-order valence-corrected chi connectivity index (χ1v) is 9.40. The number of hydrogen-bond acceptors (Lipinski definition) is 3. The minimum absolute atomic E-state index is 0.00274. The Kier molecular flexibility index (Phi) is 6.35. The molecule has 0 radical (unpaired) electrons. The molecule has 2 aromatic rings. The van der Waals surface area contributed by atoms with Crippen LogP contribution in [0.2, 0.25) is 5.02 Å². The van der Waals surface area contributed by atoms with Crippen LogP contribution in [-0.4, -0.2) is 41.0 Å². The second-order valence-electron chi connectivity index (χ2n) is 6.78. The lowest BCUT2D eigenvalue weighted by molar-refractivity contribution is -0.141. The van der Waals surface area contributed by atoms with Gasteiger partial charge in [-0.25, -0.2) is 13.6 Å². The van der Waals surface area contributed by atoms with Crippen LogP contribution in [0.4, 0.5) is 26.7 Å². The summed E-state index contributed by atoms with van der Waals surface area (Å²) in [6.07, 6.45) is -3.87. The van der Waals surface area contributed by atoms with Gasteiger partial charge in [-0.2, -0.15) is 13.2 Å². The number of amides is 3. The largest absolute Gasteiger partial charge is 0.433 e.